The number of benzene rings is 1. The molecule has 0 heterocycles. The third-order valence-electron chi connectivity index (χ3n) is 1.85. The molecule has 0 atom stereocenters. The zero-order valence-corrected chi connectivity index (χ0v) is 13.9. The summed E-state index contributed by atoms with van der Waals surface area (Å²) in [6.45, 7) is 3.21. The van der Waals surface area contributed by atoms with Crippen LogP contribution >= 0.6 is 23.2 Å². The van der Waals surface area contributed by atoms with Gasteiger partial charge in [-0.05, 0) is 18.2 Å². The fraction of sp³-hybridized carbons (Fsp3) is 0.385. The summed E-state index contributed by atoms with van der Waals surface area (Å²) < 4.78 is 4.96. The molecule has 1 rings (SSSR count). The Morgan fingerprint density at radius 2 is 1.82 bits per heavy atom. The Balaban J connectivity index is 0.000000980. The Kier molecular flexibility index (Phi) is 9.51. The minimum atomic E-state index is -1.22. The van der Waals surface area contributed by atoms with Gasteiger partial charge in [0, 0.05) is 0 Å². The summed E-state index contributed by atoms with van der Waals surface area (Å²) in [4.78, 5) is 26.4. The Hall–Kier alpha value is -1.54. The van der Waals surface area contributed by atoms with Crippen molar-refractivity contribution >= 4 is 35.1 Å². The Labute approximate surface area is 138 Å². The van der Waals surface area contributed by atoms with Crippen molar-refractivity contribution < 1.29 is 24.3 Å². The number of carbonyl (C=O) groups excluding carboxylic acids is 1. The number of nitrogens with one attached hydrogen (secondary N) is 1. The molecule has 0 aliphatic rings. The lowest BCUT2D eigenvalue weighted by atomic mass is 10.2. The topological polar surface area (TPSA) is 111 Å². The zero-order chi connectivity index (χ0) is 17.3. The first kappa shape index (κ1) is 20.5. The lowest BCUT2D eigenvalue weighted by molar-refractivity contribution is -0.144. The fourth-order valence-corrected chi connectivity index (χ4v) is 1.63. The molecule has 0 aliphatic carbocycles. The molecule has 0 saturated carbocycles. The van der Waals surface area contributed by atoms with Crippen molar-refractivity contribution in [2.45, 2.75) is 19.9 Å². The number of amides is 1. The van der Waals surface area contributed by atoms with E-state index in [9.17, 15) is 9.59 Å². The summed E-state index contributed by atoms with van der Waals surface area (Å²) >= 11 is 11.7. The maximum absolute atomic E-state index is 11.7. The number of carbonyl (C=O) groups is 2. The number of nitrogens with two attached hydrogens (primary N) is 1. The average Bonchev–Trinajstić information content (AvgIpc) is 2.39. The van der Waals surface area contributed by atoms with E-state index in [4.69, 9.17) is 38.8 Å². The molecule has 0 saturated heterocycles. The van der Waals surface area contributed by atoms with Gasteiger partial charge in [-0.25, -0.2) is 10.3 Å². The van der Waals surface area contributed by atoms with Crippen LogP contribution in [0.2, 0.25) is 10.0 Å². The van der Waals surface area contributed by atoms with E-state index in [1.807, 2.05) is 19.3 Å². The first-order chi connectivity index (χ1) is 10.2. The van der Waals surface area contributed by atoms with E-state index in [2.05, 4.69) is 4.84 Å². The minimum Gasteiger partial charge on any atom is -0.494 e. The quantitative estimate of drug-likeness (QED) is 0.699. The number of carboxylic acid groups (broad SMARTS) is 1. The van der Waals surface area contributed by atoms with Crippen molar-refractivity contribution in [1.82, 2.24) is 5.48 Å². The molecule has 0 spiro atoms. The molecular weight excluding hydrogens is 335 g/mol. The van der Waals surface area contributed by atoms with Crippen LogP contribution in [-0.2, 0) is 9.63 Å². The van der Waals surface area contributed by atoms with Gasteiger partial charge in [0.2, 0.25) is 0 Å². The number of aliphatic carboxylic acids is 1. The third-order valence-corrected chi connectivity index (χ3v) is 2.46. The van der Waals surface area contributed by atoms with E-state index in [1.165, 1.54) is 19.2 Å². The van der Waals surface area contributed by atoms with Crippen LogP contribution < -0.4 is 16.0 Å². The van der Waals surface area contributed by atoms with Gasteiger partial charge < -0.3 is 15.6 Å². The van der Waals surface area contributed by atoms with Crippen LogP contribution in [0.25, 0.3) is 0 Å². The van der Waals surface area contributed by atoms with Crippen LogP contribution in [0.3, 0.4) is 0 Å². The second-order valence-electron chi connectivity index (χ2n) is 4.30. The number of hydrogen-bond donors (Lipinski definition) is 3. The highest BCUT2D eigenvalue weighted by atomic mass is 35.5. The molecule has 22 heavy (non-hydrogen) atoms. The number of halogens is 2. The number of methoxy groups -OCH3 is 1. The third kappa shape index (κ3) is 7.46. The smallest absolute Gasteiger partial charge is 0.332 e. The largest absolute Gasteiger partial charge is 0.494 e. The van der Waals surface area contributed by atoms with Crippen molar-refractivity contribution in [2.75, 3.05) is 13.7 Å². The van der Waals surface area contributed by atoms with Gasteiger partial charge in [-0.2, -0.15) is 0 Å². The molecule has 7 nitrogen and oxygen atoms in total. The average molecular weight is 353 g/mol. The molecule has 0 aromatic heterocycles. The molecule has 0 bridgehead atoms. The van der Waals surface area contributed by atoms with E-state index in [-0.39, 0.29) is 21.4 Å². The zero-order valence-electron chi connectivity index (χ0n) is 12.4. The highest BCUT2D eigenvalue weighted by Gasteiger charge is 2.19. The molecule has 0 radical (unpaired) electrons. The first-order valence-electron chi connectivity index (χ1n) is 6.12. The molecule has 0 unspecified atom stereocenters. The van der Waals surface area contributed by atoms with E-state index in [0.717, 1.165) is 0 Å². The van der Waals surface area contributed by atoms with Gasteiger partial charge in [-0.3, -0.25) is 9.63 Å². The number of carboxylic acids is 1. The van der Waals surface area contributed by atoms with Gasteiger partial charge in [-0.15, -0.1) is 0 Å². The van der Waals surface area contributed by atoms with Crippen LogP contribution in [0.15, 0.2) is 12.1 Å². The SMILES string of the molecule is CC(C)N.COc1c(Cl)ccc(Cl)c1C(=O)NOCC(=O)O. The molecule has 9 heteroatoms. The molecule has 1 amide bonds. The van der Waals surface area contributed by atoms with Gasteiger partial charge in [0.15, 0.2) is 12.4 Å². The standard InChI is InChI=1S/C10H9Cl2NO5.C3H9N/c1-17-9-6(12)3-2-5(11)8(9)10(16)13-18-4-7(14)15;1-3(2)4/h2-3H,4H2,1H3,(H,13,16)(H,14,15);3H,4H2,1-2H3. The summed E-state index contributed by atoms with van der Waals surface area (Å²) in [5, 5.41) is 8.65. The molecule has 124 valence electrons. The Morgan fingerprint density at radius 3 is 2.27 bits per heavy atom. The monoisotopic (exact) mass is 352 g/mol. The number of rotatable bonds is 5. The minimum absolute atomic E-state index is 0.0305. The highest BCUT2D eigenvalue weighted by molar-refractivity contribution is 6.37. The second-order valence-corrected chi connectivity index (χ2v) is 5.11. The van der Waals surface area contributed by atoms with Crippen molar-refractivity contribution in [3.63, 3.8) is 0 Å². The predicted octanol–water partition coefficient (Wildman–Crippen LogP) is 2.10. The summed E-state index contributed by atoms with van der Waals surface area (Å²) in [5.74, 6) is -1.89. The number of hydroxylamine groups is 1. The van der Waals surface area contributed by atoms with Gasteiger partial charge in [0.1, 0.15) is 5.56 Å². The van der Waals surface area contributed by atoms with Crippen molar-refractivity contribution in [3.8, 4) is 5.75 Å². The summed E-state index contributed by atoms with van der Waals surface area (Å²) in [7, 11) is 1.33. The molecule has 0 fully saturated rings. The summed E-state index contributed by atoms with van der Waals surface area (Å²) in [6.07, 6.45) is 0. The van der Waals surface area contributed by atoms with Crippen LogP contribution in [0.5, 0.6) is 5.75 Å². The molecular formula is C13H18Cl2N2O5. The van der Waals surface area contributed by atoms with Crippen molar-refractivity contribution in [3.05, 3.63) is 27.7 Å². The van der Waals surface area contributed by atoms with E-state index in [0.29, 0.717) is 6.04 Å². The normalized spacial score (nSPS) is 9.77. The van der Waals surface area contributed by atoms with E-state index in [1.54, 1.807) is 0 Å². The van der Waals surface area contributed by atoms with Gasteiger partial charge in [0.05, 0.1) is 17.2 Å². The van der Waals surface area contributed by atoms with Crippen LogP contribution in [-0.4, -0.2) is 36.7 Å². The first-order valence-corrected chi connectivity index (χ1v) is 6.87. The summed E-state index contributed by atoms with van der Waals surface area (Å²) in [6, 6.07) is 3.22. The van der Waals surface area contributed by atoms with Crippen LogP contribution in [0.1, 0.15) is 24.2 Å². The summed E-state index contributed by atoms with van der Waals surface area (Å²) in [5.41, 5.74) is 7.01. The molecule has 1 aromatic rings. The van der Waals surface area contributed by atoms with Gasteiger partial charge in [-0.1, -0.05) is 37.0 Å². The van der Waals surface area contributed by atoms with Crippen LogP contribution in [0.4, 0.5) is 0 Å². The van der Waals surface area contributed by atoms with Crippen molar-refractivity contribution in [2.24, 2.45) is 5.73 Å². The maximum atomic E-state index is 11.7. The fourth-order valence-electron chi connectivity index (χ4n) is 1.16. The lowest BCUT2D eigenvalue weighted by Crippen LogP contribution is -2.27. The Morgan fingerprint density at radius 1 is 1.32 bits per heavy atom. The molecule has 4 N–H and O–H groups in total. The second kappa shape index (κ2) is 10.2. The maximum Gasteiger partial charge on any atom is 0.332 e. The van der Waals surface area contributed by atoms with Crippen LogP contribution in [0, 0.1) is 0 Å². The predicted molar refractivity (Wildman–Crippen MR) is 83.4 cm³/mol. The molecule has 1 aromatic carbocycles. The highest BCUT2D eigenvalue weighted by Crippen LogP contribution is 2.33. The van der Waals surface area contributed by atoms with Gasteiger partial charge in [0.25, 0.3) is 5.91 Å². The lowest BCUT2D eigenvalue weighted by Gasteiger charge is -2.11. The number of hydrogen-bond acceptors (Lipinski definition) is 5. The van der Waals surface area contributed by atoms with Gasteiger partial charge >= 0.3 is 5.97 Å². The van der Waals surface area contributed by atoms with E-state index < -0.39 is 18.5 Å². The Bertz CT molecular complexity index is 521. The van der Waals surface area contributed by atoms with E-state index >= 15 is 0 Å². The van der Waals surface area contributed by atoms with Crippen molar-refractivity contribution in [1.29, 1.82) is 0 Å². The molecule has 0 aliphatic heterocycles. The number of ether oxygens (including phenoxy) is 1.